The first-order valence-electron chi connectivity index (χ1n) is 7.63. The number of rotatable bonds is 8. The number of unbranched alkanes of at least 4 members (excludes halogenated alkanes) is 4. The summed E-state index contributed by atoms with van der Waals surface area (Å²) in [6, 6.07) is 7.14. The molecule has 1 rings (SSSR count). The van der Waals surface area contributed by atoms with Crippen LogP contribution in [0.25, 0.3) is 0 Å². The van der Waals surface area contributed by atoms with Gasteiger partial charge in [-0.25, -0.2) is 0 Å². The van der Waals surface area contributed by atoms with Gasteiger partial charge in [0.2, 0.25) is 0 Å². The molecule has 0 aliphatic carbocycles. The molecule has 0 unspecified atom stereocenters. The van der Waals surface area contributed by atoms with Gasteiger partial charge in [-0.15, -0.1) is 0 Å². The fourth-order valence-electron chi connectivity index (χ4n) is 1.75. The molecule has 0 spiro atoms. The normalized spacial score (nSPS) is 9.35. The van der Waals surface area contributed by atoms with Crippen molar-refractivity contribution < 1.29 is 4.79 Å². The summed E-state index contributed by atoms with van der Waals surface area (Å²) in [7, 11) is 0. The number of benzene rings is 1. The molecular formula is C17H28N2O. The maximum Gasteiger partial charge on any atom is 0.251 e. The first kappa shape index (κ1) is 18.4. The molecule has 1 N–H and O–H groups in total. The van der Waals surface area contributed by atoms with Gasteiger partial charge in [0, 0.05) is 12.1 Å². The molecule has 0 aliphatic heterocycles. The van der Waals surface area contributed by atoms with E-state index >= 15 is 0 Å². The van der Waals surface area contributed by atoms with Crippen molar-refractivity contribution in [3.05, 3.63) is 29.8 Å². The van der Waals surface area contributed by atoms with E-state index in [9.17, 15) is 4.79 Å². The van der Waals surface area contributed by atoms with Crippen molar-refractivity contribution in [2.24, 2.45) is 4.99 Å². The van der Waals surface area contributed by atoms with Gasteiger partial charge < -0.3 is 5.32 Å². The quantitative estimate of drug-likeness (QED) is 0.540. The summed E-state index contributed by atoms with van der Waals surface area (Å²) in [4.78, 5) is 15.6. The molecule has 1 aromatic carbocycles. The predicted octanol–water partition coefficient (Wildman–Crippen LogP) is 4.75. The lowest BCUT2D eigenvalue weighted by molar-refractivity contribution is 0.0953. The Labute approximate surface area is 123 Å². The van der Waals surface area contributed by atoms with Crippen molar-refractivity contribution in [1.82, 2.24) is 5.32 Å². The third kappa shape index (κ3) is 7.72. The predicted molar refractivity (Wildman–Crippen MR) is 88.1 cm³/mol. The highest BCUT2D eigenvalue weighted by Crippen LogP contribution is 2.11. The van der Waals surface area contributed by atoms with Crippen LogP contribution in [0.3, 0.4) is 0 Å². The molecular weight excluding hydrogens is 248 g/mol. The number of nitrogens with one attached hydrogen (secondary N) is 1. The zero-order chi connectivity index (χ0) is 15.2. The third-order valence-electron chi connectivity index (χ3n) is 2.88. The second-order valence-electron chi connectivity index (χ2n) is 4.38. The average Bonchev–Trinajstić information content (AvgIpc) is 2.52. The van der Waals surface area contributed by atoms with E-state index in [1.807, 2.05) is 13.8 Å². The summed E-state index contributed by atoms with van der Waals surface area (Å²) in [5, 5.41) is 2.93. The second-order valence-corrected chi connectivity index (χ2v) is 4.38. The van der Waals surface area contributed by atoms with E-state index in [-0.39, 0.29) is 5.91 Å². The van der Waals surface area contributed by atoms with Gasteiger partial charge in [-0.2, -0.15) is 0 Å². The molecule has 0 radical (unpaired) electrons. The Bertz CT molecular complexity index is 371. The molecule has 0 atom stereocenters. The summed E-state index contributed by atoms with van der Waals surface area (Å²) in [5.74, 6) is -0.0129. The minimum atomic E-state index is -0.0129. The van der Waals surface area contributed by atoms with Gasteiger partial charge in [0.05, 0.1) is 5.69 Å². The molecule has 0 aliphatic rings. The van der Waals surface area contributed by atoms with Crippen molar-refractivity contribution in [3.63, 3.8) is 0 Å². The van der Waals surface area contributed by atoms with Crippen molar-refractivity contribution in [2.75, 3.05) is 6.54 Å². The van der Waals surface area contributed by atoms with Crippen LogP contribution in [0.4, 0.5) is 5.69 Å². The second kappa shape index (κ2) is 12.4. The Balaban J connectivity index is 0.00000172. The first-order valence-corrected chi connectivity index (χ1v) is 7.63. The lowest BCUT2D eigenvalue weighted by Crippen LogP contribution is -2.24. The summed E-state index contributed by atoms with van der Waals surface area (Å²) in [5.41, 5.74) is 1.46. The molecule has 1 aromatic rings. The van der Waals surface area contributed by atoms with E-state index in [1.165, 1.54) is 25.7 Å². The molecule has 0 aromatic heterocycles. The Morgan fingerprint density at radius 3 is 2.25 bits per heavy atom. The van der Waals surface area contributed by atoms with E-state index in [1.54, 1.807) is 24.3 Å². The number of carbonyl (C=O) groups excluding carboxylic acids is 1. The molecule has 3 heteroatoms. The highest BCUT2D eigenvalue weighted by molar-refractivity contribution is 5.94. The lowest BCUT2D eigenvalue weighted by Gasteiger charge is -2.05. The Hall–Kier alpha value is -1.64. The number of amides is 1. The van der Waals surface area contributed by atoms with E-state index in [0.29, 0.717) is 5.56 Å². The average molecular weight is 276 g/mol. The Kier molecular flexibility index (Phi) is 11.4. The van der Waals surface area contributed by atoms with Gasteiger partial charge in [0.15, 0.2) is 0 Å². The fraction of sp³-hybridized carbons (Fsp3) is 0.529. The third-order valence-corrected chi connectivity index (χ3v) is 2.88. The maximum atomic E-state index is 11.8. The molecule has 0 saturated carbocycles. The zero-order valence-electron chi connectivity index (χ0n) is 13.1. The number of nitrogens with zero attached hydrogens (tertiary/aromatic N) is 1. The number of carbonyl (C=O) groups is 1. The van der Waals surface area contributed by atoms with Crippen LogP contribution in [0.2, 0.25) is 0 Å². The van der Waals surface area contributed by atoms with Crippen LogP contribution in [0.1, 0.15) is 63.2 Å². The standard InChI is InChI=1S/C15H22N2O.C2H6/c1-3-4-5-6-7-12-17-15(18)13-8-10-14(16-2)11-9-13;1-2/h8-11H,2-7,12H2,1H3,(H,17,18);1-2H3. The number of hydrogen-bond acceptors (Lipinski definition) is 2. The van der Waals surface area contributed by atoms with E-state index in [2.05, 4.69) is 24.0 Å². The number of hydrogen-bond donors (Lipinski definition) is 1. The van der Waals surface area contributed by atoms with Gasteiger partial charge in [0.25, 0.3) is 5.91 Å². The lowest BCUT2D eigenvalue weighted by atomic mass is 10.1. The zero-order valence-corrected chi connectivity index (χ0v) is 13.1. The van der Waals surface area contributed by atoms with Crippen LogP contribution in [-0.2, 0) is 0 Å². The van der Waals surface area contributed by atoms with E-state index in [0.717, 1.165) is 18.7 Å². The van der Waals surface area contributed by atoms with Crippen molar-refractivity contribution in [2.45, 2.75) is 52.9 Å². The largest absolute Gasteiger partial charge is 0.352 e. The van der Waals surface area contributed by atoms with Crippen molar-refractivity contribution >= 4 is 18.3 Å². The molecule has 0 saturated heterocycles. The minimum Gasteiger partial charge on any atom is -0.352 e. The SMILES string of the molecule is C=Nc1ccc(C(=O)NCCCCCCC)cc1.CC. The van der Waals surface area contributed by atoms with Crippen LogP contribution in [0, 0.1) is 0 Å². The summed E-state index contributed by atoms with van der Waals surface area (Å²) in [6.07, 6.45) is 6.03. The fourth-order valence-corrected chi connectivity index (χ4v) is 1.75. The van der Waals surface area contributed by atoms with Crippen LogP contribution >= 0.6 is 0 Å². The van der Waals surface area contributed by atoms with Gasteiger partial charge >= 0.3 is 0 Å². The van der Waals surface area contributed by atoms with Crippen molar-refractivity contribution in [1.29, 1.82) is 0 Å². The van der Waals surface area contributed by atoms with Gasteiger partial charge in [-0.1, -0.05) is 46.5 Å². The Morgan fingerprint density at radius 1 is 1.10 bits per heavy atom. The van der Waals surface area contributed by atoms with Crippen LogP contribution in [0.15, 0.2) is 29.3 Å². The highest BCUT2D eigenvalue weighted by Gasteiger charge is 2.03. The Morgan fingerprint density at radius 2 is 1.70 bits per heavy atom. The highest BCUT2D eigenvalue weighted by atomic mass is 16.1. The monoisotopic (exact) mass is 276 g/mol. The molecule has 0 bridgehead atoms. The van der Waals surface area contributed by atoms with E-state index < -0.39 is 0 Å². The molecule has 112 valence electrons. The smallest absolute Gasteiger partial charge is 0.251 e. The van der Waals surface area contributed by atoms with Crippen LogP contribution < -0.4 is 5.32 Å². The topological polar surface area (TPSA) is 41.5 Å². The van der Waals surface area contributed by atoms with Crippen molar-refractivity contribution in [3.8, 4) is 0 Å². The molecule has 20 heavy (non-hydrogen) atoms. The van der Waals surface area contributed by atoms with Gasteiger partial charge in [-0.3, -0.25) is 9.79 Å². The molecule has 0 fully saturated rings. The summed E-state index contributed by atoms with van der Waals surface area (Å²) < 4.78 is 0. The van der Waals surface area contributed by atoms with Crippen LogP contribution in [0.5, 0.6) is 0 Å². The van der Waals surface area contributed by atoms with E-state index in [4.69, 9.17) is 0 Å². The van der Waals surface area contributed by atoms with Crippen LogP contribution in [-0.4, -0.2) is 19.2 Å². The maximum absolute atomic E-state index is 11.8. The minimum absolute atomic E-state index is 0.0129. The molecule has 3 nitrogen and oxygen atoms in total. The van der Waals surface area contributed by atoms with Gasteiger partial charge in [-0.05, 0) is 37.4 Å². The summed E-state index contributed by atoms with van der Waals surface area (Å²) >= 11 is 0. The summed E-state index contributed by atoms with van der Waals surface area (Å²) in [6.45, 7) is 10.4. The first-order chi connectivity index (χ1) is 9.77. The number of aliphatic imine (C=N–C) groups is 1. The molecule has 0 heterocycles. The van der Waals surface area contributed by atoms with Gasteiger partial charge in [0.1, 0.15) is 0 Å². The molecule has 1 amide bonds.